The van der Waals surface area contributed by atoms with Crippen molar-refractivity contribution in [1.29, 1.82) is 0 Å². The maximum Gasteiger partial charge on any atom is 0.417 e. The molecule has 0 aliphatic rings. The van der Waals surface area contributed by atoms with E-state index in [0.29, 0.717) is 50.1 Å². The molecule has 0 heterocycles. The van der Waals surface area contributed by atoms with Gasteiger partial charge in [0.25, 0.3) is 0 Å². The fraction of sp³-hybridized carbons (Fsp3) is 0.382. The number of amides is 4. The minimum Gasteiger partial charge on any atom is -0.616 e. The second-order valence-corrected chi connectivity index (χ2v) is 17.5. The summed E-state index contributed by atoms with van der Waals surface area (Å²) in [5, 5.41) is 8.79. The smallest absolute Gasteiger partial charge is 0.417 e. The molecule has 0 bridgehead atoms. The molecule has 0 aliphatic heterocycles. The van der Waals surface area contributed by atoms with Crippen molar-refractivity contribution in [2.45, 2.75) is 33.6 Å². The zero-order valence-corrected chi connectivity index (χ0v) is 34.3. The standard InChI is InChI=1S/C16H16N2O4.C12H16Cl2N2O.C6H15O4PS2/c1-11-5-3-6-12(9-11)18-16(20)22-14-8-4-7-13(10-14)17-15(19)21-2;1-3-4-7-16(2)12(17)15-9-5-6-10(13)11(14)8-9;1-4-13(8)6-5-12-11(7,9-2)10-3/h3-10H,1-2H3,(H,17,19)(H,18,20);5-6,8H,3-4,7H2,1-2H3,(H,15,17);4-6H2,1-3H3. The van der Waals surface area contributed by atoms with E-state index in [2.05, 4.69) is 27.6 Å². The van der Waals surface area contributed by atoms with Crippen LogP contribution in [0.4, 0.5) is 31.4 Å². The van der Waals surface area contributed by atoms with E-state index in [-0.39, 0.29) is 6.03 Å². The molecule has 1 atom stereocenters. The van der Waals surface area contributed by atoms with Gasteiger partial charge in [-0.05, 0) is 79.7 Å². The number of hydrogen-bond acceptors (Lipinski definition) is 10. The molecule has 288 valence electrons. The third kappa shape index (κ3) is 19.6. The van der Waals surface area contributed by atoms with Gasteiger partial charge < -0.3 is 33.3 Å². The first-order valence-electron chi connectivity index (χ1n) is 15.9. The number of anilines is 3. The van der Waals surface area contributed by atoms with Gasteiger partial charge in [-0.25, -0.2) is 18.9 Å². The number of methoxy groups -OCH3 is 1. The normalized spacial score (nSPS) is 11.0. The van der Waals surface area contributed by atoms with Gasteiger partial charge in [0.15, 0.2) is 0 Å². The third-order valence-corrected chi connectivity index (χ3v) is 12.7. The monoisotopic (exact) mass is 820 g/mol. The molecule has 3 N–H and O–H groups in total. The summed E-state index contributed by atoms with van der Waals surface area (Å²) in [5.41, 5.74) is 2.79. The summed E-state index contributed by atoms with van der Waals surface area (Å²) in [6, 6.07) is 18.7. The second-order valence-electron chi connectivity index (χ2n) is 10.4. The van der Waals surface area contributed by atoms with Crippen LogP contribution >= 0.6 is 41.4 Å². The average Bonchev–Trinajstić information content (AvgIpc) is 3.12. The van der Waals surface area contributed by atoms with Crippen LogP contribution < -0.4 is 20.7 Å². The fourth-order valence-corrected chi connectivity index (χ4v) is 7.82. The molecule has 3 aromatic rings. The van der Waals surface area contributed by atoms with Gasteiger partial charge in [0.2, 0.25) is 0 Å². The molecule has 13 nitrogen and oxygen atoms in total. The maximum atomic E-state index is 11.8. The maximum absolute atomic E-state index is 11.8. The van der Waals surface area contributed by atoms with Gasteiger partial charge in [0.1, 0.15) is 17.3 Å². The number of urea groups is 1. The van der Waals surface area contributed by atoms with Crippen LogP contribution in [-0.2, 0) is 29.5 Å². The summed E-state index contributed by atoms with van der Waals surface area (Å²) in [6.45, 7) is 3.65. The Morgan fingerprint density at radius 3 is 2.06 bits per heavy atom. The number of nitrogens with one attached hydrogen (secondary N) is 3. The number of carbonyl (C=O) groups excluding carboxylic acids is 3. The topological polar surface area (TPSA) is 168 Å². The van der Waals surface area contributed by atoms with Gasteiger partial charge in [0, 0.05) is 56.7 Å². The minimum absolute atomic E-state index is 0.142. The number of carbonyl (C=O) groups is 3. The van der Waals surface area contributed by atoms with Crippen LogP contribution in [0.15, 0.2) is 66.7 Å². The Morgan fingerprint density at radius 2 is 1.48 bits per heavy atom. The van der Waals surface area contributed by atoms with Crippen molar-refractivity contribution in [3.8, 4) is 5.75 Å². The van der Waals surface area contributed by atoms with Gasteiger partial charge in [-0.15, -0.1) is 0 Å². The Labute approximate surface area is 323 Å². The zero-order valence-electron chi connectivity index (χ0n) is 30.2. The summed E-state index contributed by atoms with van der Waals surface area (Å²) in [7, 11) is 5.72. The van der Waals surface area contributed by atoms with Crippen molar-refractivity contribution in [2.75, 3.05) is 68.1 Å². The van der Waals surface area contributed by atoms with E-state index in [4.69, 9.17) is 37.0 Å². The van der Waals surface area contributed by atoms with E-state index in [1.807, 2.05) is 32.0 Å². The summed E-state index contributed by atoms with van der Waals surface area (Å²) in [4.78, 5) is 36.4. The predicted octanol–water partition coefficient (Wildman–Crippen LogP) is 9.93. The van der Waals surface area contributed by atoms with Crippen molar-refractivity contribution in [1.82, 2.24) is 4.90 Å². The number of nitrogens with zero attached hydrogens (tertiary/aromatic N) is 1. The van der Waals surface area contributed by atoms with Crippen molar-refractivity contribution in [3.63, 3.8) is 0 Å². The van der Waals surface area contributed by atoms with Crippen LogP contribution in [0.2, 0.25) is 10.0 Å². The van der Waals surface area contributed by atoms with E-state index >= 15 is 0 Å². The van der Waals surface area contributed by atoms with Gasteiger partial charge in [-0.2, -0.15) is 0 Å². The molecule has 18 heteroatoms. The van der Waals surface area contributed by atoms with E-state index in [1.165, 1.54) is 27.4 Å². The van der Waals surface area contributed by atoms with E-state index in [1.54, 1.807) is 54.4 Å². The molecule has 0 aliphatic carbocycles. The van der Waals surface area contributed by atoms with Gasteiger partial charge in [-0.3, -0.25) is 10.6 Å². The molecule has 0 fully saturated rings. The average molecular weight is 822 g/mol. The molecular weight excluding hydrogens is 774 g/mol. The summed E-state index contributed by atoms with van der Waals surface area (Å²) in [6.07, 6.45) is 0.845. The van der Waals surface area contributed by atoms with Crippen LogP contribution in [0.1, 0.15) is 32.3 Å². The molecule has 0 radical (unpaired) electrons. The van der Waals surface area contributed by atoms with Crippen molar-refractivity contribution < 1.29 is 42.0 Å². The first-order chi connectivity index (χ1) is 24.7. The fourth-order valence-electron chi connectivity index (χ4n) is 3.64. The van der Waals surface area contributed by atoms with Crippen LogP contribution in [0, 0.1) is 6.92 Å². The van der Waals surface area contributed by atoms with Crippen LogP contribution in [0.5, 0.6) is 5.75 Å². The lowest BCUT2D eigenvalue weighted by Crippen LogP contribution is -2.32. The second kappa shape index (κ2) is 25.8. The molecule has 0 saturated carbocycles. The molecule has 3 aromatic carbocycles. The summed E-state index contributed by atoms with van der Waals surface area (Å²) in [5.74, 6) is 1.99. The number of halogens is 2. The highest BCUT2D eigenvalue weighted by Crippen LogP contribution is 2.59. The SMILES string of the molecule is CCCCN(C)C(=O)Nc1ccc(Cl)c(Cl)c1.CC[S+]([O-])CCSP(=O)(OC)OC.COC(=O)Nc1cccc(OC(=O)Nc2cccc(C)c2)c1. The molecule has 4 amide bonds. The lowest BCUT2D eigenvalue weighted by atomic mass is 10.2. The Balaban J connectivity index is 0.000000406. The van der Waals surface area contributed by atoms with Gasteiger partial charge in [-0.1, -0.05) is 65.9 Å². The van der Waals surface area contributed by atoms with Crippen LogP contribution in [0.3, 0.4) is 0 Å². The Bertz CT molecular complexity index is 1600. The number of rotatable bonds is 14. The summed E-state index contributed by atoms with van der Waals surface area (Å²) >= 11 is 11.9. The van der Waals surface area contributed by atoms with Gasteiger partial charge in [0.05, 0.1) is 17.2 Å². The van der Waals surface area contributed by atoms with Crippen molar-refractivity contribution in [3.05, 3.63) is 82.3 Å². The number of benzene rings is 3. The van der Waals surface area contributed by atoms with Gasteiger partial charge >= 0.3 is 25.0 Å². The predicted molar refractivity (Wildman–Crippen MR) is 214 cm³/mol. The number of hydrogen-bond donors (Lipinski definition) is 3. The Hall–Kier alpha value is -3.14. The Morgan fingerprint density at radius 1 is 0.865 bits per heavy atom. The highest BCUT2D eigenvalue weighted by Gasteiger charge is 2.22. The lowest BCUT2D eigenvalue weighted by molar-refractivity contribution is 0.187. The first-order valence-corrected chi connectivity index (χ1v) is 21.2. The largest absolute Gasteiger partial charge is 0.616 e. The first kappa shape index (κ1) is 46.9. The van der Waals surface area contributed by atoms with Crippen molar-refractivity contribution >= 4 is 87.8 Å². The zero-order chi connectivity index (χ0) is 39.1. The number of aryl methyl sites for hydroxylation is 1. The van der Waals surface area contributed by atoms with E-state index in [0.717, 1.165) is 36.3 Å². The van der Waals surface area contributed by atoms with Crippen molar-refractivity contribution in [2.24, 2.45) is 0 Å². The molecule has 0 saturated heterocycles. The number of ether oxygens (including phenoxy) is 2. The highest BCUT2D eigenvalue weighted by atomic mass is 35.5. The van der Waals surface area contributed by atoms with E-state index < -0.39 is 30.2 Å². The third-order valence-electron chi connectivity index (χ3n) is 6.44. The summed E-state index contributed by atoms with van der Waals surface area (Å²) < 4.78 is 41.5. The molecule has 0 spiro atoms. The molecule has 3 rings (SSSR count). The molecular formula is C34H47Cl2N4O9PS2. The van der Waals surface area contributed by atoms with Crippen LogP contribution in [-0.4, -0.2) is 79.9 Å². The molecule has 0 aromatic heterocycles. The highest BCUT2D eigenvalue weighted by molar-refractivity contribution is 8.55. The molecule has 1 unspecified atom stereocenters. The lowest BCUT2D eigenvalue weighted by Gasteiger charge is -2.17. The Kier molecular flexibility index (Phi) is 23.2. The molecule has 52 heavy (non-hydrogen) atoms. The van der Waals surface area contributed by atoms with E-state index in [9.17, 15) is 23.5 Å². The number of unbranched alkanes of at least 4 members (excludes halogenated alkanes) is 1. The minimum atomic E-state index is -2.97. The quantitative estimate of drug-likeness (QED) is 0.105. The van der Waals surface area contributed by atoms with Crippen LogP contribution in [0.25, 0.3) is 0 Å².